The molecule has 2 N–H and O–H groups in total. The molecule has 1 saturated carbocycles. The molecule has 0 bridgehead atoms. The van der Waals surface area contributed by atoms with Crippen LogP contribution in [0.15, 0.2) is 30.3 Å². The van der Waals surface area contributed by atoms with Crippen LogP contribution in [-0.2, 0) is 6.42 Å². The van der Waals surface area contributed by atoms with Crippen molar-refractivity contribution in [2.24, 2.45) is 0 Å². The molecular formula is C19H24N2OS. The maximum atomic E-state index is 9.68. The van der Waals surface area contributed by atoms with Crippen LogP contribution in [0.25, 0.3) is 10.6 Å². The van der Waals surface area contributed by atoms with Gasteiger partial charge in [0.2, 0.25) is 0 Å². The fourth-order valence-corrected chi connectivity index (χ4v) is 5.02. The van der Waals surface area contributed by atoms with E-state index in [9.17, 15) is 5.11 Å². The summed E-state index contributed by atoms with van der Waals surface area (Å²) in [7, 11) is 0. The molecule has 1 atom stereocenters. The zero-order chi connectivity index (χ0) is 15.6. The molecule has 1 unspecified atom stereocenters. The minimum absolute atomic E-state index is 0.0805. The molecule has 2 aliphatic rings. The van der Waals surface area contributed by atoms with Gasteiger partial charge in [-0.05, 0) is 44.9 Å². The Hall–Kier alpha value is -1.23. The highest BCUT2D eigenvalue weighted by Gasteiger charge is 2.28. The molecule has 0 spiro atoms. The summed E-state index contributed by atoms with van der Waals surface area (Å²) in [4.78, 5) is 6.36. The van der Waals surface area contributed by atoms with Crippen molar-refractivity contribution in [1.29, 1.82) is 0 Å². The number of hydrogen-bond acceptors (Lipinski definition) is 4. The van der Waals surface area contributed by atoms with Crippen LogP contribution in [0, 0.1) is 0 Å². The Balaban J connectivity index is 1.53. The molecule has 2 aromatic rings. The molecule has 2 aliphatic carbocycles. The number of aliphatic hydroxyl groups excluding tert-OH is 1. The van der Waals surface area contributed by atoms with Crippen LogP contribution in [0.3, 0.4) is 0 Å². The van der Waals surface area contributed by atoms with Crippen molar-refractivity contribution in [3.8, 4) is 10.6 Å². The third-order valence-electron chi connectivity index (χ3n) is 5.10. The highest BCUT2D eigenvalue weighted by atomic mass is 32.1. The molecule has 1 fully saturated rings. The standard InChI is InChI=1S/C19H24N2OS/c22-15-11-9-14(10-12-15)20-16-7-4-8-17-18(16)23-19(21-17)13-5-2-1-3-6-13/h1-3,5-6,14-16,20,22H,4,7-12H2. The second-order valence-corrected chi connectivity index (χ2v) is 7.84. The van der Waals surface area contributed by atoms with E-state index in [2.05, 4.69) is 35.6 Å². The van der Waals surface area contributed by atoms with E-state index in [0.29, 0.717) is 12.1 Å². The molecule has 1 heterocycles. The molecule has 1 aromatic heterocycles. The van der Waals surface area contributed by atoms with Crippen LogP contribution in [-0.4, -0.2) is 22.2 Å². The molecule has 0 radical (unpaired) electrons. The summed E-state index contributed by atoms with van der Waals surface area (Å²) in [5.41, 5.74) is 2.53. The number of aryl methyl sites for hydroxylation is 1. The number of benzene rings is 1. The van der Waals surface area contributed by atoms with Gasteiger partial charge in [0.15, 0.2) is 0 Å². The second kappa shape index (κ2) is 6.71. The number of nitrogens with zero attached hydrogens (tertiary/aromatic N) is 1. The van der Waals surface area contributed by atoms with Crippen molar-refractivity contribution in [2.75, 3.05) is 0 Å². The summed E-state index contributed by atoms with van der Waals surface area (Å²) in [5, 5.41) is 14.7. The Morgan fingerprint density at radius 3 is 2.61 bits per heavy atom. The molecule has 1 aromatic carbocycles. The first-order valence-electron chi connectivity index (χ1n) is 8.79. The fraction of sp³-hybridized carbons (Fsp3) is 0.526. The monoisotopic (exact) mass is 328 g/mol. The largest absolute Gasteiger partial charge is 0.393 e. The van der Waals surface area contributed by atoms with E-state index in [1.54, 1.807) is 0 Å². The number of hydrogen-bond donors (Lipinski definition) is 2. The maximum absolute atomic E-state index is 9.68. The Morgan fingerprint density at radius 2 is 1.83 bits per heavy atom. The molecule has 122 valence electrons. The summed E-state index contributed by atoms with van der Waals surface area (Å²) in [5.74, 6) is 0. The summed E-state index contributed by atoms with van der Waals surface area (Å²) in [6.07, 6.45) is 7.53. The van der Waals surface area contributed by atoms with E-state index in [4.69, 9.17) is 4.98 Å². The van der Waals surface area contributed by atoms with E-state index in [1.807, 2.05) is 11.3 Å². The lowest BCUT2D eigenvalue weighted by molar-refractivity contribution is 0.113. The van der Waals surface area contributed by atoms with Crippen LogP contribution in [0.5, 0.6) is 0 Å². The van der Waals surface area contributed by atoms with Gasteiger partial charge in [0, 0.05) is 22.5 Å². The number of nitrogens with one attached hydrogen (secondary N) is 1. The van der Waals surface area contributed by atoms with E-state index in [1.165, 1.54) is 29.0 Å². The first kappa shape index (κ1) is 15.3. The van der Waals surface area contributed by atoms with Gasteiger partial charge in [0.1, 0.15) is 5.01 Å². The van der Waals surface area contributed by atoms with Crippen molar-refractivity contribution in [2.45, 2.75) is 63.1 Å². The Kier molecular flexibility index (Phi) is 4.47. The van der Waals surface area contributed by atoms with Gasteiger partial charge in [-0.3, -0.25) is 0 Å². The molecule has 0 amide bonds. The number of fused-ring (bicyclic) bond motifs is 1. The van der Waals surface area contributed by atoms with E-state index in [-0.39, 0.29) is 6.10 Å². The van der Waals surface area contributed by atoms with Crippen LogP contribution in [0.4, 0.5) is 0 Å². The topological polar surface area (TPSA) is 45.1 Å². The van der Waals surface area contributed by atoms with Gasteiger partial charge in [-0.2, -0.15) is 0 Å². The highest BCUT2D eigenvalue weighted by molar-refractivity contribution is 7.15. The molecule has 4 rings (SSSR count). The zero-order valence-electron chi connectivity index (χ0n) is 13.4. The van der Waals surface area contributed by atoms with Crippen LogP contribution < -0.4 is 5.32 Å². The van der Waals surface area contributed by atoms with Gasteiger partial charge in [0.25, 0.3) is 0 Å². The summed E-state index contributed by atoms with van der Waals surface area (Å²) >= 11 is 1.86. The molecular weight excluding hydrogens is 304 g/mol. The minimum Gasteiger partial charge on any atom is -0.393 e. The van der Waals surface area contributed by atoms with Crippen molar-refractivity contribution < 1.29 is 5.11 Å². The lowest BCUT2D eigenvalue weighted by Crippen LogP contribution is -2.37. The van der Waals surface area contributed by atoms with Gasteiger partial charge in [-0.25, -0.2) is 4.98 Å². The van der Waals surface area contributed by atoms with Gasteiger partial charge in [0.05, 0.1) is 11.8 Å². The maximum Gasteiger partial charge on any atom is 0.123 e. The zero-order valence-corrected chi connectivity index (χ0v) is 14.2. The van der Waals surface area contributed by atoms with E-state index in [0.717, 1.165) is 37.1 Å². The third-order valence-corrected chi connectivity index (χ3v) is 6.37. The first-order chi connectivity index (χ1) is 11.3. The van der Waals surface area contributed by atoms with Crippen molar-refractivity contribution in [3.63, 3.8) is 0 Å². The Bertz CT molecular complexity index is 647. The summed E-state index contributed by atoms with van der Waals surface area (Å²) in [6, 6.07) is 11.5. The second-order valence-electron chi connectivity index (χ2n) is 6.81. The average molecular weight is 328 g/mol. The molecule has 23 heavy (non-hydrogen) atoms. The quantitative estimate of drug-likeness (QED) is 0.892. The smallest absolute Gasteiger partial charge is 0.123 e. The fourth-order valence-electron chi connectivity index (χ4n) is 3.81. The van der Waals surface area contributed by atoms with Gasteiger partial charge < -0.3 is 10.4 Å². The number of thiazole rings is 1. The van der Waals surface area contributed by atoms with Gasteiger partial charge >= 0.3 is 0 Å². The molecule has 0 aliphatic heterocycles. The summed E-state index contributed by atoms with van der Waals surface area (Å²) < 4.78 is 0. The lowest BCUT2D eigenvalue weighted by atomic mass is 9.90. The first-order valence-corrected chi connectivity index (χ1v) is 9.60. The molecule has 4 heteroatoms. The van der Waals surface area contributed by atoms with Crippen LogP contribution >= 0.6 is 11.3 Å². The van der Waals surface area contributed by atoms with Crippen LogP contribution in [0.2, 0.25) is 0 Å². The van der Waals surface area contributed by atoms with Crippen molar-refractivity contribution in [1.82, 2.24) is 10.3 Å². The predicted molar refractivity (Wildman–Crippen MR) is 94.6 cm³/mol. The molecule has 3 nitrogen and oxygen atoms in total. The SMILES string of the molecule is OC1CCC(NC2CCCc3nc(-c4ccccc4)sc32)CC1. The normalized spacial score (nSPS) is 27.6. The predicted octanol–water partition coefficient (Wildman–Crippen LogP) is 4.08. The van der Waals surface area contributed by atoms with Gasteiger partial charge in [-0.15, -0.1) is 11.3 Å². The lowest BCUT2D eigenvalue weighted by Gasteiger charge is -2.31. The third kappa shape index (κ3) is 3.35. The average Bonchev–Trinajstić information content (AvgIpc) is 3.03. The minimum atomic E-state index is -0.0805. The molecule has 0 saturated heterocycles. The highest BCUT2D eigenvalue weighted by Crippen LogP contribution is 2.38. The van der Waals surface area contributed by atoms with E-state index >= 15 is 0 Å². The van der Waals surface area contributed by atoms with E-state index < -0.39 is 0 Å². The number of aliphatic hydroxyl groups is 1. The Morgan fingerprint density at radius 1 is 1.04 bits per heavy atom. The number of aromatic nitrogens is 1. The Labute approximate surface area is 141 Å². The van der Waals surface area contributed by atoms with Crippen molar-refractivity contribution >= 4 is 11.3 Å². The number of rotatable bonds is 3. The van der Waals surface area contributed by atoms with Crippen LogP contribution in [0.1, 0.15) is 55.1 Å². The van der Waals surface area contributed by atoms with Crippen molar-refractivity contribution in [3.05, 3.63) is 40.9 Å². The van der Waals surface area contributed by atoms with Gasteiger partial charge in [-0.1, -0.05) is 30.3 Å². The summed E-state index contributed by atoms with van der Waals surface area (Å²) in [6.45, 7) is 0.